The molecule has 0 spiro atoms. The van der Waals surface area contributed by atoms with Gasteiger partial charge in [0.1, 0.15) is 11.5 Å². The third-order valence-electron chi connectivity index (χ3n) is 6.37. The second kappa shape index (κ2) is 9.59. The summed E-state index contributed by atoms with van der Waals surface area (Å²) in [5.41, 5.74) is 2.33. The largest absolute Gasteiger partial charge is 0.477 e. The van der Waals surface area contributed by atoms with Gasteiger partial charge in [-0.25, -0.2) is 9.18 Å². The Labute approximate surface area is 205 Å². The number of carbonyl (C=O) groups is 2. The maximum absolute atomic E-state index is 15.3. The lowest BCUT2D eigenvalue weighted by Crippen LogP contribution is -2.54. The van der Waals surface area contributed by atoms with Crippen LogP contribution >= 0.6 is 23.5 Å². The second-order valence-electron chi connectivity index (χ2n) is 8.46. The molecule has 0 bridgehead atoms. The van der Waals surface area contributed by atoms with Crippen LogP contribution in [0.2, 0.25) is 0 Å². The summed E-state index contributed by atoms with van der Waals surface area (Å²) < 4.78 is 17.3. The van der Waals surface area contributed by atoms with Gasteiger partial charge in [0.05, 0.1) is 22.9 Å². The van der Waals surface area contributed by atoms with Gasteiger partial charge in [0.2, 0.25) is 11.4 Å². The molecule has 1 aromatic heterocycles. The van der Waals surface area contributed by atoms with Gasteiger partial charge >= 0.3 is 5.97 Å². The average Bonchev–Trinajstić information content (AvgIpc) is 2.83. The van der Waals surface area contributed by atoms with Crippen LogP contribution in [0, 0.1) is 5.82 Å². The third-order valence-corrected chi connectivity index (χ3v) is 8.80. The zero-order valence-corrected chi connectivity index (χ0v) is 20.3. The smallest absolute Gasteiger partial charge is 0.352 e. The first-order valence-electron chi connectivity index (χ1n) is 11.2. The molecule has 10 heteroatoms. The molecule has 2 aromatic rings. The Balaban J connectivity index is 1.50. The van der Waals surface area contributed by atoms with E-state index in [0.29, 0.717) is 30.2 Å². The van der Waals surface area contributed by atoms with Crippen LogP contribution in [0.25, 0.3) is 10.9 Å². The molecule has 1 atom stereocenters. The number of allylic oxidation sites excluding steroid dienone is 1. The van der Waals surface area contributed by atoms with Crippen molar-refractivity contribution in [1.82, 2.24) is 10.2 Å². The van der Waals surface area contributed by atoms with E-state index < -0.39 is 5.97 Å². The van der Waals surface area contributed by atoms with Crippen molar-refractivity contribution < 1.29 is 23.7 Å². The van der Waals surface area contributed by atoms with Crippen LogP contribution < -0.4 is 14.8 Å². The lowest BCUT2D eigenvalue weighted by Gasteiger charge is -2.44. The molecule has 3 aliphatic heterocycles. The van der Waals surface area contributed by atoms with Gasteiger partial charge in [-0.2, -0.15) is 4.57 Å². The number of amides is 1. The van der Waals surface area contributed by atoms with Crippen LogP contribution in [-0.2, 0) is 16.1 Å². The highest BCUT2D eigenvalue weighted by atomic mass is 32.2. The quantitative estimate of drug-likeness (QED) is 0.261. The molecule has 1 aromatic carbocycles. The molecule has 2 N–H and O–H groups in total. The highest BCUT2D eigenvalue weighted by Crippen LogP contribution is 2.42. The van der Waals surface area contributed by atoms with Gasteiger partial charge in [0, 0.05) is 54.7 Å². The van der Waals surface area contributed by atoms with E-state index in [1.54, 1.807) is 17.8 Å². The van der Waals surface area contributed by atoms with Crippen molar-refractivity contribution in [3.63, 3.8) is 0 Å². The van der Waals surface area contributed by atoms with Gasteiger partial charge in [0.25, 0.3) is 0 Å². The van der Waals surface area contributed by atoms with Crippen LogP contribution in [-0.4, -0.2) is 64.9 Å². The Kier molecular flexibility index (Phi) is 6.54. The fourth-order valence-corrected chi connectivity index (χ4v) is 7.08. The molecule has 2 saturated heterocycles. The molecule has 178 valence electrons. The number of fused-ring (bicyclic) bond motifs is 2. The minimum Gasteiger partial charge on any atom is -0.477 e. The number of piperazine rings is 1. The molecule has 2 fully saturated rings. The normalized spacial score (nSPS) is 20.4. The van der Waals surface area contributed by atoms with Crippen LogP contribution in [0.4, 0.5) is 10.1 Å². The first-order valence-corrected chi connectivity index (χ1v) is 13.3. The van der Waals surface area contributed by atoms with E-state index in [1.807, 2.05) is 29.0 Å². The number of aliphatic carboxylic acids is 1. The van der Waals surface area contributed by atoms with Crippen molar-refractivity contribution in [2.24, 2.45) is 0 Å². The molecule has 34 heavy (non-hydrogen) atoms. The van der Waals surface area contributed by atoms with Gasteiger partial charge in [-0.1, -0.05) is 6.58 Å². The standard InChI is InChI=1S/C24H25FN4O3S2/c1-2-6-27-7-3-20(16-10-17(25)19(11-18(16)27)28-8-4-26-5-9-28)33-13-15-14-34-22-12-21(30)29(22)23(15)24(31)32/h2-3,7,10-11,22,26H,1,4-6,8-9,12-14H2/p+1/t22-/m0/s1. The summed E-state index contributed by atoms with van der Waals surface area (Å²) in [7, 11) is 0. The highest BCUT2D eigenvalue weighted by Gasteiger charge is 2.45. The highest BCUT2D eigenvalue weighted by molar-refractivity contribution is 8.01. The number of nitrogens with zero attached hydrogens (tertiary/aromatic N) is 3. The van der Waals surface area contributed by atoms with Gasteiger partial charge in [-0.05, 0) is 17.7 Å². The number of hydrogen-bond donors (Lipinski definition) is 2. The van der Waals surface area contributed by atoms with Gasteiger partial charge in [-0.3, -0.25) is 9.69 Å². The predicted octanol–water partition coefficient (Wildman–Crippen LogP) is 2.60. The van der Waals surface area contributed by atoms with Gasteiger partial charge in [0.15, 0.2) is 12.7 Å². The van der Waals surface area contributed by atoms with E-state index in [-0.39, 0.29) is 22.8 Å². The Morgan fingerprint density at radius 3 is 2.88 bits per heavy atom. The number of benzene rings is 1. The van der Waals surface area contributed by atoms with Crippen molar-refractivity contribution in [1.29, 1.82) is 0 Å². The summed E-state index contributed by atoms with van der Waals surface area (Å²) in [6, 6.07) is 5.44. The molecule has 7 nitrogen and oxygen atoms in total. The number of hydrogen-bond acceptors (Lipinski definition) is 6. The van der Waals surface area contributed by atoms with Crippen LogP contribution in [0.15, 0.2) is 53.2 Å². The number of anilines is 1. The van der Waals surface area contributed by atoms with Crippen LogP contribution in [0.5, 0.6) is 0 Å². The molecular weight excluding hydrogens is 475 g/mol. The van der Waals surface area contributed by atoms with Crippen LogP contribution in [0.3, 0.4) is 0 Å². The number of thioether (sulfide) groups is 2. The molecule has 0 aliphatic carbocycles. The Bertz CT molecular complexity index is 1210. The number of pyridine rings is 1. The van der Waals surface area contributed by atoms with Gasteiger partial charge in [-0.15, -0.1) is 23.5 Å². The number of carboxylic acids is 1. The summed E-state index contributed by atoms with van der Waals surface area (Å²) in [5.74, 6) is -0.475. The van der Waals surface area contributed by atoms with E-state index in [4.69, 9.17) is 0 Å². The number of halogens is 1. The fraction of sp³-hybridized carbons (Fsp3) is 0.375. The van der Waals surface area contributed by atoms with Gasteiger partial charge < -0.3 is 15.3 Å². The Morgan fingerprint density at radius 2 is 2.18 bits per heavy atom. The van der Waals surface area contributed by atoms with E-state index in [9.17, 15) is 14.7 Å². The van der Waals surface area contributed by atoms with Crippen molar-refractivity contribution in [3.05, 3.63) is 54.1 Å². The maximum Gasteiger partial charge on any atom is 0.352 e. The number of carbonyl (C=O) groups excluding carboxylic acids is 1. The third kappa shape index (κ3) is 4.18. The predicted molar refractivity (Wildman–Crippen MR) is 132 cm³/mol. The topological polar surface area (TPSA) is 76.8 Å². The average molecular weight is 502 g/mol. The molecule has 3 aliphatic rings. The van der Waals surface area contributed by atoms with Crippen molar-refractivity contribution in [2.45, 2.75) is 23.2 Å². The first-order chi connectivity index (χ1) is 16.5. The first kappa shape index (κ1) is 23.2. The molecule has 1 amide bonds. The fourth-order valence-electron chi connectivity index (χ4n) is 4.64. The van der Waals surface area contributed by atoms with Crippen molar-refractivity contribution in [3.8, 4) is 0 Å². The van der Waals surface area contributed by atoms with Crippen molar-refractivity contribution in [2.75, 3.05) is 42.6 Å². The molecular formula is C24H26FN4O3S2+. The number of β-lactam (4-membered cyclic amide) rings is 1. The summed E-state index contributed by atoms with van der Waals surface area (Å²) in [6.45, 7) is 7.58. The van der Waals surface area contributed by atoms with E-state index in [1.165, 1.54) is 16.7 Å². The second-order valence-corrected chi connectivity index (χ2v) is 10.6. The molecule has 5 rings (SSSR count). The minimum atomic E-state index is -1.07. The number of nitrogens with one attached hydrogen (secondary N) is 1. The molecule has 0 radical (unpaired) electrons. The zero-order chi connectivity index (χ0) is 23.8. The lowest BCUT2D eigenvalue weighted by atomic mass is 10.1. The SMILES string of the molecule is C=CC[n+]1ccc(SCC2=C(C(=O)O)N3C(=O)C[C@@H]3SC2)c2cc(F)c(N3CCNCC3)cc21. The number of carboxylic acid groups (broad SMARTS) is 1. The Morgan fingerprint density at radius 1 is 1.38 bits per heavy atom. The van der Waals surface area contributed by atoms with Crippen molar-refractivity contribution >= 4 is 52.0 Å². The van der Waals surface area contributed by atoms with E-state index >= 15 is 4.39 Å². The molecule has 4 heterocycles. The minimum absolute atomic E-state index is 0.0692. The monoisotopic (exact) mass is 501 g/mol. The summed E-state index contributed by atoms with van der Waals surface area (Å²) in [5, 5.41) is 13.8. The number of rotatable bonds is 7. The Hall–Kier alpha value is -2.56. The summed E-state index contributed by atoms with van der Waals surface area (Å²) >= 11 is 3.08. The van der Waals surface area contributed by atoms with E-state index in [0.717, 1.165) is 47.6 Å². The van der Waals surface area contributed by atoms with E-state index in [2.05, 4.69) is 16.8 Å². The molecule has 0 saturated carbocycles. The zero-order valence-electron chi connectivity index (χ0n) is 18.6. The van der Waals surface area contributed by atoms with Crippen LogP contribution in [0.1, 0.15) is 6.42 Å². The lowest BCUT2D eigenvalue weighted by molar-refractivity contribution is -0.661. The molecule has 0 unspecified atom stereocenters. The maximum atomic E-state index is 15.3. The number of aromatic nitrogens is 1. The summed E-state index contributed by atoms with van der Waals surface area (Å²) in [6.07, 6.45) is 4.16. The summed E-state index contributed by atoms with van der Waals surface area (Å²) in [4.78, 5) is 28.3.